The van der Waals surface area contributed by atoms with Crippen molar-refractivity contribution in [1.29, 1.82) is 0 Å². The normalized spacial score (nSPS) is 15.6. The lowest BCUT2D eigenvalue weighted by Crippen LogP contribution is -2.25. The highest BCUT2D eigenvalue weighted by molar-refractivity contribution is 5.54. The fourth-order valence-corrected chi connectivity index (χ4v) is 2.57. The number of aromatic nitrogens is 3. The zero-order valence-corrected chi connectivity index (χ0v) is 12.4. The molecule has 3 rings (SSSR count). The molecule has 1 N–H and O–H groups in total. The molecule has 0 spiro atoms. The second kappa shape index (κ2) is 6.52. The van der Waals surface area contributed by atoms with E-state index < -0.39 is 0 Å². The minimum atomic E-state index is 0.556. The van der Waals surface area contributed by atoms with Crippen LogP contribution < -0.4 is 10.2 Å². The molecule has 0 saturated carbocycles. The van der Waals surface area contributed by atoms with Gasteiger partial charge in [-0.15, -0.1) is 5.10 Å². The zero-order valence-electron chi connectivity index (χ0n) is 12.4. The van der Waals surface area contributed by atoms with Gasteiger partial charge in [0, 0.05) is 18.8 Å². The van der Waals surface area contributed by atoms with Crippen molar-refractivity contribution in [2.75, 3.05) is 23.3 Å². The maximum absolute atomic E-state index is 4.60. The summed E-state index contributed by atoms with van der Waals surface area (Å²) < 4.78 is 0. The Morgan fingerprint density at radius 1 is 1.00 bits per heavy atom. The lowest BCUT2D eigenvalue weighted by Gasteiger charge is -2.20. The molecule has 1 aromatic carbocycles. The van der Waals surface area contributed by atoms with Gasteiger partial charge in [-0.3, -0.25) is 0 Å². The SMILES string of the molecule is Cc1ccc(Nc2nncc(N3CCCCCC3)n2)cc1. The minimum Gasteiger partial charge on any atom is -0.355 e. The van der Waals surface area contributed by atoms with Gasteiger partial charge in [-0.1, -0.05) is 30.5 Å². The van der Waals surface area contributed by atoms with E-state index in [1.807, 2.05) is 12.1 Å². The topological polar surface area (TPSA) is 53.9 Å². The van der Waals surface area contributed by atoms with Crippen molar-refractivity contribution in [3.63, 3.8) is 0 Å². The maximum Gasteiger partial charge on any atom is 0.249 e. The van der Waals surface area contributed by atoms with E-state index in [-0.39, 0.29) is 0 Å². The van der Waals surface area contributed by atoms with Gasteiger partial charge in [-0.05, 0) is 31.9 Å². The third-order valence-electron chi connectivity index (χ3n) is 3.78. The molecule has 0 radical (unpaired) electrons. The van der Waals surface area contributed by atoms with Crippen LogP contribution in [0.15, 0.2) is 30.5 Å². The van der Waals surface area contributed by atoms with Gasteiger partial charge in [-0.2, -0.15) is 10.1 Å². The molecule has 2 aromatic rings. The smallest absolute Gasteiger partial charge is 0.249 e. The van der Waals surface area contributed by atoms with E-state index in [1.165, 1.54) is 31.2 Å². The number of anilines is 3. The Morgan fingerprint density at radius 3 is 2.43 bits per heavy atom. The highest BCUT2D eigenvalue weighted by Gasteiger charge is 2.12. The van der Waals surface area contributed by atoms with Crippen molar-refractivity contribution >= 4 is 17.5 Å². The van der Waals surface area contributed by atoms with Crippen LogP contribution in [-0.2, 0) is 0 Å². The van der Waals surface area contributed by atoms with E-state index in [2.05, 4.69) is 44.5 Å². The van der Waals surface area contributed by atoms with Gasteiger partial charge < -0.3 is 10.2 Å². The van der Waals surface area contributed by atoms with Gasteiger partial charge >= 0.3 is 0 Å². The zero-order chi connectivity index (χ0) is 14.5. The van der Waals surface area contributed by atoms with Crippen LogP contribution in [0.1, 0.15) is 31.2 Å². The minimum absolute atomic E-state index is 0.556. The summed E-state index contributed by atoms with van der Waals surface area (Å²) in [5, 5.41) is 11.4. The molecule has 1 fully saturated rings. The fraction of sp³-hybridized carbons (Fsp3) is 0.438. The molecule has 0 aliphatic carbocycles. The average molecular weight is 283 g/mol. The van der Waals surface area contributed by atoms with Crippen LogP contribution in [0.5, 0.6) is 0 Å². The number of hydrogen-bond acceptors (Lipinski definition) is 5. The number of nitrogens with zero attached hydrogens (tertiary/aromatic N) is 4. The van der Waals surface area contributed by atoms with E-state index in [9.17, 15) is 0 Å². The summed E-state index contributed by atoms with van der Waals surface area (Å²) in [6.45, 7) is 4.19. The van der Waals surface area contributed by atoms with Gasteiger partial charge in [-0.25, -0.2) is 0 Å². The van der Waals surface area contributed by atoms with Crippen molar-refractivity contribution < 1.29 is 0 Å². The Bertz CT molecular complexity index is 573. The Labute approximate surface area is 125 Å². The van der Waals surface area contributed by atoms with E-state index in [4.69, 9.17) is 0 Å². The average Bonchev–Trinajstić information content (AvgIpc) is 2.79. The first-order chi connectivity index (χ1) is 10.3. The highest BCUT2D eigenvalue weighted by Crippen LogP contribution is 2.19. The maximum atomic E-state index is 4.60. The molecule has 1 aliphatic rings. The number of nitrogens with one attached hydrogen (secondary N) is 1. The van der Waals surface area contributed by atoms with E-state index in [1.54, 1.807) is 6.20 Å². The molecule has 5 heteroatoms. The lowest BCUT2D eigenvalue weighted by atomic mass is 10.2. The van der Waals surface area contributed by atoms with Gasteiger partial charge in [0.15, 0.2) is 5.82 Å². The summed E-state index contributed by atoms with van der Waals surface area (Å²) in [5.41, 5.74) is 2.22. The summed E-state index contributed by atoms with van der Waals surface area (Å²) in [6.07, 6.45) is 6.83. The summed E-state index contributed by atoms with van der Waals surface area (Å²) in [6, 6.07) is 8.18. The van der Waals surface area contributed by atoms with Crippen LogP contribution in [0.2, 0.25) is 0 Å². The van der Waals surface area contributed by atoms with Crippen LogP contribution in [0.3, 0.4) is 0 Å². The van der Waals surface area contributed by atoms with Crippen molar-refractivity contribution in [2.45, 2.75) is 32.6 Å². The molecule has 1 saturated heterocycles. The molecule has 110 valence electrons. The fourth-order valence-electron chi connectivity index (χ4n) is 2.57. The number of rotatable bonds is 3. The van der Waals surface area contributed by atoms with Crippen molar-refractivity contribution in [1.82, 2.24) is 15.2 Å². The third-order valence-corrected chi connectivity index (χ3v) is 3.78. The molecule has 2 heterocycles. The molecule has 0 amide bonds. The lowest BCUT2D eigenvalue weighted by molar-refractivity contribution is 0.726. The number of benzene rings is 1. The number of aryl methyl sites for hydroxylation is 1. The Hall–Kier alpha value is -2.17. The molecular weight excluding hydrogens is 262 g/mol. The first kappa shape index (κ1) is 13.8. The third kappa shape index (κ3) is 3.68. The van der Waals surface area contributed by atoms with Crippen molar-refractivity contribution in [2.24, 2.45) is 0 Å². The summed E-state index contributed by atoms with van der Waals surface area (Å²) in [4.78, 5) is 6.90. The van der Waals surface area contributed by atoms with Gasteiger partial charge in [0.1, 0.15) is 0 Å². The molecule has 5 nitrogen and oxygen atoms in total. The van der Waals surface area contributed by atoms with Crippen molar-refractivity contribution in [3.05, 3.63) is 36.0 Å². The van der Waals surface area contributed by atoms with E-state index in [0.29, 0.717) is 5.95 Å². The largest absolute Gasteiger partial charge is 0.355 e. The predicted molar refractivity (Wildman–Crippen MR) is 85.0 cm³/mol. The van der Waals surface area contributed by atoms with Gasteiger partial charge in [0.05, 0.1) is 6.20 Å². The highest BCUT2D eigenvalue weighted by atomic mass is 15.3. The first-order valence-electron chi connectivity index (χ1n) is 7.60. The van der Waals surface area contributed by atoms with Crippen LogP contribution in [0, 0.1) is 6.92 Å². The quantitative estimate of drug-likeness (QED) is 0.936. The van der Waals surface area contributed by atoms with Crippen LogP contribution in [0.4, 0.5) is 17.5 Å². The predicted octanol–water partition coefficient (Wildman–Crippen LogP) is 3.30. The van der Waals surface area contributed by atoms with Crippen LogP contribution >= 0.6 is 0 Å². The number of hydrogen-bond donors (Lipinski definition) is 1. The first-order valence-corrected chi connectivity index (χ1v) is 7.60. The van der Waals surface area contributed by atoms with E-state index in [0.717, 1.165) is 24.6 Å². The molecule has 0 bridgehead atoms. The summed E-state index contributed by atoms with van der Waals surface area (Å²) in [5.74, 6) is 1.47. The second-order valence-corrected chi connectivity index (χ2v) is 5.53. The standard InChI is InChI=1S/C16H21N5/c1-13-6-8-14(9-7-13)18-16-19-15(12-17-20-16)21-10-4-2-3-5-11-21/h6-9,12H,2-5,10-11H2,1H3,(H,18,19,20). The molecule has 1 aliphatic heterocycles. The summed E-state index contributed by atoms with van der Waals surface area (Å²) >= 11 is 0. The Kier molecular flexibility index (Phi) is 4.28. The molecule has 1 aromatic heterocycles. The van der Waals surface area contributed by atoms with Crippen molar-refractivity contribution in [3.8, 4) is 0 Å². The van der Waals surface area contributed by atoms with Gasteiger partial charge in [0.2, 0.25) is 5.95 Å². The van der Waals surface area contributed by atoms with Crippen LogP contribution in [0.25, 0.3) is 0 Å². The molecule has 0 atom stereocenters. The monoisotopic (exact) mass is 283 g/mol. The van der Waals surface area contributed by atoms with E-state index >= 15 is 0 Å². The molecular formula is C16H21N5. The van der Waals surface area contributed by atoms with Gasteiger partial charge in [0.25, 0.3) is 0 Å². The van der Waals surface area contributed by atoms with Crippen LogP contribution in [-0.4, -0.2) is 28.3 Å². The Balaban J connectivity index is 1.74. The second-order valence-electron chi connectivity index (χ2n) is 5.53. The molecule has 21 heavy (non-hydrogen) atoms. The Morgan fingerprint density at radius 2 is 1.71 bits per heavy atom. The summed E-state index contributed by atoms with van der Waals surface area (Å²) in [7, 11) is 0. The molecule has 0 unspecified atom stereocenters.